The van der Waals surface area contributed by atoms with Crippen LogP contribution in [0.25, 0.3) is 0 Å². The number of hydrogen-bond donors (Lipinski definition) is 28. The van der Waals surface area contributed by atoms with E-state index in [9.17, 15) is 147 Å². The molecule has 51 heteroatoms. The molecule has 0 aromatic rings. The minimum atomic E-state index is -2.88. The van der Waals surface area contributed by atoms with E-state index in [2.05, 4.69) is 21.3 Å². The number of carbonyl (C=O) groups is 5. The molecule has 28 N–H and O–H groups in total. The van der Waals surface area contributed by atoms with Crippen molar-refractivity contribution >= 4 is 30.1 Å². The SMILES string of the molecule is CC(=O)NC1C(O)[C@H](O)[C@H](CO)O[C@H]1OC1[C@@H](OCC2O[C@@H](O[C@@H]3C(CO)O[C@@H](O[C@@H]4C(CO)O[C@@H](C)C(NC(C)=O)[C@H]4O)C(NC(C)=O)[C@H]3O)C(O)[C@@H](O[C@H]3OC(CO)[C@@H](O)C(O)C3O[C@@H]3OC(CO)[C@@H](O[C@@H]4OC(CO)[C@H](O)[C@H](O[C@]5(OC=O)C[C@@H](O)[C@@H](C)C(C(O)C(O)CO)O5)C4O)[C@H](O)C3NC(C)=O)[C@@H]2O)OC(CO)[C@@H](O)[C@@H]1O. The van der Waals surface area contributed by atoms with Crippen molar-refractivity contribution in [3.63, 3.8) is 0 Å². The van der Waals surface area contributed by atoms with Gasteiger partial charge in [-0.15, -0.1) is 0 Å². The van der Waals surface area contributed by atoms with E-state index in [4.69, 9.17) is 85.3 Å². The second-order valence-corrected chi connectivity index (χ2v) is 30.1. The van der Waals surface area contributed by atoms with Crippen LogP contribution in [0.1, 0.15) is 48.0 Å². The Bertz CT molecular complexity index is 3180. The summed E-state index contributed by atoms with van der Waals surface area (Å²) in [6.45, 7) is -3.32. The highest BCUT2D eigenvalue weighted by molar-refractivity contribution is 5.74. The molecule has 46 atom stereocenters. The van der Waals surface area contributed by atoms with Crippen LogP contribution in [0.15, 0.2) is 0 Å². The summed E-state index contributed by atoms with van der Waals surface area (Å²) in [5, 5.41) is 279. The van der Waals surface area contributed by atoms with Crippen molar-refractivity contribution in [2.45, 2.75) is 324 Å². The van der Waals surface area contributed by atoms with Crippen molar-refractivity contribution in [3.8, 4) is 0 Å². The second kappa shape index (κ2) is 42.6. The van der Waals surface area contributed by atoms with Crippen LogP contribution < -0.4 is 21.3 Å². The third kappa shape index (κ3) is 21.6. The quantitative estimate of drug-likeness (QED) is 0.0214. The summed E-state index contributed by atoms with van der Waals surface area (Å²) < 4.78 is 107. The van der Waals surface area contributed by atoms with Gasteiger partial charge in [-0.05, 0) is 6.92 Å². The van der Waals surface area contributed by atoms with Crippen LogP contribution in [0.4, 0.5) is 0 Å². The van der Waals surface area contributed by atoms with Crippen molar-refractivity contribution in [3.05, 3.63) is 0 Å². The van der Waals surface area contributed by atoms with E-state index in [0.717, 1.165) is 27.7 Å². The Morgan fingerprint density at radius 2 is 0.720 bits per heavy atom. The fourth-order valence-corrected chi connectivity index (χ4v) is 15.5. The number of aliphatic hydroxyl groups excluding tert-OH is 24. The summed E-state index contributed by atoms with van der Waals surface area (Å²) in [6.07, 6.45) is -83.0. The van der Waals surface area contributed by atoms with Crippen LogP contribution >= 0.6 is 0 Å². The normalized spacial score (nSPS) is 47.5. The standard InChI is InChI=1S/C67H112N4O47/c1-18-24(85)7-67(102-17-80,117-52(18)38(87)25(86)8-72)118-57-42(91)29(12-76)105-64(51(57)100)113-55-32(15-79)109-62(37(47(55)96)71-23(6)84)116-59-49(98)41(90)28(11-75)107-66(59)114-56-43(92)33(16-101-65-58(48(97)40(89)27(10-74)106-65)115-60-35(69-21(4)82)44(93)39(88)26(9-73)104-60)110-63(50(56)99)112-54-31(14-78)108-61(36(46(54)95)70-22(5)83)111-53-30(13-77)103-19(2)34(45(53)94)68-20(3)81/h17-19,24-66,72-79,85-100H,7-16H2,1-6H3,(H,68,81)(H,69,82)(H,70,83)(H,71,84)/t18-,19+,24-,25?,26+,27?,28?,29?,30?,31?,32?,33?,34?,35?,36?,37?,38?,39-,40-,41-,42+,43-,44?,45-,46-,47-,48+,49?,50?,51?,52?,53-,54-,55-,56+,57+,58?,59?,60+,61+,62+,63+,64+,65+,66-,67+/m1/s1. The molecule has 0 aromatic carbocycles. The molecule has 0 saturated carbocycles. The molecule has 9 fully saturated rings. The summed E-state index contributed by atoms with van der Waals surface area (Å²) in [4.78, 5) is 63.0. The fraction of sp³-hybridized carbons (Fsp3) is 0.925. The zero-order valence-electron chi connectivity index (χ0n) is 64.3. The molecule has 118 heavy (non-hydrogen) atoms. The highest BCUT2D eigenvalue weighted by Gasteiger charge is 2.62. The summed E-state index contributed by atoms with van der Waals surface area (Å²) in [5.41, 5.74) is 0. The molecule has 9 heterocycles. The first-order chi connectivity index (χ1) is 55.8. The van der Waals surface area contributed by atoms with E-state index < -0.39 is 371 Å². The first-order valence-electron chi connectivity index (χ1n) is 37.9. The lowest BCUT2D eigenvalue weighted by Crippen LogP contribution is -2.71. The van der Waals surface area contributed by atoms with Gasteiger partial charge in [0, 0.05) is 33.6 Å². The number of carbonyl (C=O) groups excluding carboxylic acids is 5. The fourth-order valence-electron chi connectivity index (χ4n) is 15.5. The van der Waals surface area contributed by atoms with Gasteiger partial charge in [-0.2, -0.15) is 0 Å². The number of amides is 4. The largest absolute Gasteiger partial charge is 0.410 e. The van der Waals surface area contributed by atoms with Crippen LogP contribution in [0.3, 0.4) is 0 Å². The Morgan fingerprint density at radius 3 is 1.17 bits per heavy atom. The van der Waals surface area contributed by atoms with Gasteiger partial charge in [0.15, 0.2) is 44.0 Å². The minimum Gasteiger partial charge on any atom is -0.410 e. The smallest absolute Gasteiger partial charge is 0.332 e. The summed E-state index contributed by atoms with van der Waals surface area (Å²) in [6, 6.07) is -6.88. The second-order valence-electron chi connectivity index (χ2n) is 30.1. The Hall–Kier alpha value is -4.29. The first kappa shape index (κ1) is 97.5. The molecule has 0 bridgehead atoms. The first-order valence-corrected chi connectivity index (χ1v) is 37.9. The van der Waals surface area contributed by atoms with Crippen molar-refractivity contribution in [2.24, 2.45) is 5.92 Å². The Morgan fingerprint density at radius 1 is 0.381 bits per heavy atom. The monoisotopic (exact) mass is 1720 g/mol. The van der Waals surface area contributed by atoms with E-state index in [1.807, 2.05) is 0 Å². The van der Waals surface area contributed by atoms with Gasteiger partial charge in [-0.3, -0.25) is 24.0 Å². The Labute approximate surface area is 670 Å². The van der Waals surface area contributed by atoms with E-state index in [1.54, 1.807) is 0 Å². The van der Waals surface area contributed by atoms with Crippen molar-refractivity contribution in [1.29, 1.82) is 0 Å². The van der Waals surface area contributed by atoms with Gasteiger partial charge < -0.3 is 229 Å². The van der Waals surface area contributed by atoms with Crippen LogP contribution in [0.5, 0.6) is 0 Å². The predicted octanol–water partition coefficient (Wildman–Crippen LogP) is -18.5. The summed E-state index contributed by atoms with van der Waals surface area (Å²) >= 11 is 0. The van der Waals surface area contributed by atoms with Crippen molar-refractivity contribution < 1.29 is 232 Å². The van der Waals surface area contributed by atoms with Gasteiger partial charge in [0.05, 0.1) is 90.2 Å². The van der Waals surface area contributed by atoms with Crippen molar-refractivity contribution in [2.75, 3.05) is 59.5 Å². The predicted molar refractivity (Wildman–Crippen MR) is 367 cm³/mol. The van der Waals surface area contributed by atoms with Gasteiger partial charge in [0.2, 0.25) is 23.6 Å². The van der Waals surface area contributed by atoms with Crippen LogP contribution in [-0.2, 0) is 109 Å². The highest BCUT2D eigenvalue weighted by Crippen LogP contribution is 2.43. The van der Waals surface area contributed by atoms with E-state index in [0.29, 0.717) is 0 Å². The average molecular weight is 1730 g/mol. The van der Waals surface area contributed by atoms with E-state index in [1.165, 1.54) is 13.8 Å². The van der Waals surface area contributed by atoms with Gasteiger partial charge >= 0.3 is 5.97 Å². The number of nitrogens with one attached hydrogen (secondary N) is 4. The molecule has 51 nitrogen and oxygen atoms in total. The molecule has 0 aromatic heterocycles. The molecule has 0 aliphatic carbocycles. The molecule has 4 amide bonds. The third-order valence-electron chi connectivity index (χ3n) is 21.9. The zero-order chi connectivity index (χ0) is 87.1. The van der Waals surface area contributed by atoms with Gasteiger partial charge in [0.1, 0.15) is 201 Å². The Balaban J connectivity index is 1.04. The number of aliphatic hydroxyl groups is 24. The Kier molecular flexibility index (Phi) is 35.2. The molecule has 0 spiro atoms. The van der Waals surface area contributed by atoms with Gasteiger partial charge in [-0.25, -0.2) is 0 Å². The van der Waals surface area contributed by atoms with Crippen LogP contribution in [0, 0.1) is 5.92 Å². The molecule has 9 aliphatic heterocycles. The molecule has 20 unspecified atom stereocenters. The molecule has 9 aliphatic rings. The van der Waals surface area contributed by atoms with Gasteiger partial charge in [-0.1, -0.05) is 6.92 Å². The maximum Gasteiger partial charge on any atom is 0.332 e. The molecule has 682 valence electrons. The van der Waals surface area contributed by atoms with Gasteiger partial charge in [0.25, 0.3) is 6.47 Å². The lowest BCUT2D eigenvalue weighted by Gasteiger charge is -2.51. The lowest BCUT2D eigenvalue weighted by atomic mass is 9.87. The molecular weight excluding hydrogens is 1610 g/mol. The van der Waals surface area contributed by atoms with E-state index >= 15 is 0 Å². The highest BCUT2D eigenvalue weighted by atomic mass is 16.9. The number of ether oxygens (including phenoxy) is 18. The number of rotatable bonds is 33. The molecule has 0 radical (unpaired) electrons. The maximum absolute atomic E-state index is 13.2. The maximum atomic E-state index is 13.2. The van der Waals surface area contributed by atoms with Crippen LogP contribution in [0.2, 0.25) is 0 Å². The average Bonchev–Trinajstić information content (AvgIpc) is 0.762. The summed E-state index contributed by atoms with van der Waals surface area (Å²) in [7, 11) is 0. The molecule has 9 saturated heterocycles. The summed E-state index contributed by atoms with van der Waals surface area (Å²) in [5.74, 6) is -7.38. The zero-order valence-corrected chi connectivity index (χ0v) is 64.3. The van der Waals surface area contributed by atoms with Crippen LogP contribution in [-0.4, -0.2) is 488 Å². The molecule has 9 rings (SSSR count). The molecular formula is C67H112N4O47. The third-order valence-corrected chi connectivity index (χ3v) is 21.9. The minimum absolute atomic E-state index is 0.249. The topological polar surface area (TPSA) is 785 Å². The lowest BCUT2D eigenvalue weighted by molar-refractivity contribution is -0.448. The number of hydrogen-bond acceptors (Lipinski definition) is 47. The van der Waals surface area contributed by atoms with Crippen molar-refractivity contribution in [1.82, 2.24) is 21.3 Å². The van der Waals surface area contributed by atoms with E-state index in [-0.39, 0.29) is 6.47 Å².